The van der Waals surface area contributed by atoms with Crippen LogP contribution in [0, 0.1) is 13.8 Å². The van der Waals surface area contributed by atoms with Gasteiger partial charge < -0.3 is 0 Å². The number of nitrogens with one attached hydrogen (secondary N) is 1. The van der Waals surface area contributed by atoms with Crippen molar-refractivity contribution in [2.24, 2.45) is 0 Å². The van der Waals surface area contributed by atoms with Gasteiger partial charge in [0.2, 0.25) is 0 Å². The number of fused-ring (bicyclic) bond motifs is 1. The maximum atomic E-state index is 12.3. The van der Waals surface area contributed by atoms with E-state index >= 15 is 0 Å². The summed E-state index contributed by atoms with van der Waals surface area (Å²) in [5, 5.41) is 3.51. The average Bonchev–Trinajstić information content (AvgIpc) is 2.80. The predicted molar refractivity (Wildman–Crippen MR) is 83.5 cm³/mol. The van der Waals surface area contributed by atoms with Crippen LogP contribution in [0.3, 0.4) is 0 Å². The van der Waals surface area contributed by atoms with Crippen LogP contribution >= 0.6 is 11.3 Å². The molecule has 4 heteroatoms. The zero-order chi connectivity index (χ0) is 14.1. The van der Waals surface area contributed by atoms with Crippen molar-refractivity contribution in [1.82, 2.24) is 4.98 Å². The van der Waals surface area contributed by atoms with Gasteiger partial charge in [0.25, 0.3) is 5.91 Å². The normalized spacial score (nSPS) is 10.7. The molecule has 0 fully saturated rings. The number of hydrogen-bond acceptors (Lipinski definition) is 3. The summed E-state index contributed by atoms with van der Waals surface area (Å²) < 4.78 is 1.07. The van der Waals surface area contributed by atoms with E-state index in [2.05, 4.69) is 10.3 Å². The Labute approximate surface area is 121 Å². The van der Waals surface area contributed by atoms with Crippen molar-refractivity contribution in [1.29, 1.82) is 0 Å². The Kier molecular flexibility index (Phi) is 3.24. The lowest BCUT2D eigenvalue weighted by molar-refractivity contribution is 0.102. The Morgan fingerprint density at radius 1 is 1.15 bits per heavy atom. The molecule has 0 aliphatic heterocycles. The number of nitrogens with zero attached hydrogens (tertiary/aromatic N) is 1. The minimum Gasteiger partial charge on any atom is -0.298 e. The van der Waals surface area contributed by atoms with Gasteiger partial charge in [-0.05, 0) is 37.6 Å². The first kappa shape index (κ1) is 12.8. The van der Waals surface area contributed by atoms with E-state index in [-0.39, 0.29) is 5.91 Å². The Hall–Kier alpha value is -2.20. The molecule has 0 radical (unpaired) electrons. The Bertz CT molecular complexity index is 759. The number of thiazole rings is 1. The van der Waals surface area contributed by atoms with E-state index in [4.69, 9.17) is 0 Å². The molecule has 100 valence electrons. The van der Waals surface area contributed by atoms with E-state index in [1.165, 1.54) is 11.3 Å². The lowest BCUT2D eigenvalue weighted by atomic mass is 10.1. The molecule has 0 unspecified atom stereocenters. The summed E-state index contributed by atoms with van der Waals surface area (Å²) in [6, 6.07) is 13.7. The monoisotopic (exact) mass is 282 g/mol. The van der Waals surface area contributed by atoms with Crippen LogP contribution in [0.4, 0.5) is 5.13 Å². The number of aryl methyl sites for hydroxylation is 2. The molecule has 1 N–H and O–H groups in total. The molecule has 20 heavy (non-hydrogen) atoms. The summed E-state index contributed by atoms with van der Waals surface area (Å²) in [5.41, 5.74) is 3.73. The van der Waals surface area contributed by atoms with Gasteiger partial charge in [0, 0.05) is 5.56 Å². The van der Waals surface area contributed by atoms with Crippen LogP contribution in [0.1, 0.15) is 21.5 Å². The number of anilines is 1. The maximum Gasteiger partial charge on any atom is 0.257 e. The van der Waals surface area contributed by atoms with Gasteiger partial charge >= 0.3 is 0 Å². The SMILES string of the molecule is Cc1ccc(C(=O)Nc2nc3ccccc3s2)c(C)c1. The first-order valence-electron chi connectivity index (χ1n) is 6.37. The molecule has 0 atom stereocenters. The highest BCUT2D eigenvalue weighted by Gasteiger charge is 2.11. The van der Waals surface area contributed by atoms with Crippen molar-refractivity contribution in [3.63, 3.8) is 0 Å². The number of carbonyl (C=O) groups excluding carboxylic acids is 1. The molecule has 1 heterocycles. The molecular formula is C16H14N2OS. The molecule has 0 bridgehead atoms. The first-order chi connectivity index (χ1) is 9.63. The second kappa shape index (κ2) is 5.06. The molecule has 1 aromatic heterocycles. The summed E-state index contributed by atoms with van der Waals surface area (Å²) in [5.74, 6) is -0.110. The van der Waals surface area contributed by atoms with Crippen LogP contribution < -0.4 is 5.32 Å². The number of hydrogen-bond donors (Lipinski definition) is 1. The third-order valence-corrected chi connectivity index (χ3v) is 4.09. The molecular weight excluding hydrogens is 268 g/mol. The molecule has 0 saturated carbocycles. The van der Waals surface area contributed by atoms with Gasteiger partial charge in [-0.1, -0.05) is 41.2 Å². The number of benzene rings is 2. The van der Waals surface area contributed by atoms with E-state index in [0.29, 0.717) is 10.7 Å². The summed E-state index contributed by atoms with van der Waals surface area (Å²) in [7, 11) is 0. The van der Waals surface area contributed by atoms with E-state index in [0.717, 1.165) is 21.3 Å². The van der Waals surface area contributed by atoms with Crippen LogP contribution in [0.2, 0.25) is 0 Å². The summed E-state index contributed by atoms with van der Waals surface area (Å²) >= 11 is 1.49. The largest absolute Gasteiger partial charge is 0.298 e. The van der Waals surface area contributed by atoms with Crippen molar-refractivity contribution in [3.05, 3.63) is 59.2 Å². The molecule has 1 amide bonds. The number of carbonyl (C=O) groups is 1. The van der Waals surface area contributed by atoms with Crippen LogP contribution in [0.15, 0.2) is 42.5 Å². The quantitative estimate of drug-likeness (QED) is 0.766. The van der Waals surface area contributed by atoms with Crippen molar-refractivity contribution in [3.8, 4) is 0 Å². The fourth-order valence-electron chi connectivity index (χ4n) is 2.16. The predicted octanol–water partition coefficient (Wildman–Crippen LogP) is 4.17. The number of rotatable bonds is 2. The maximum absolute atomic E-state index is 12.3. The summed E-state index contributed by atoms with van der Waals surface area (Å²) in [4.78, 5) is 16.7. The molecule has 2 aromatic carbocycles. The minimum atomic E-state index is -0.110. The van der Waals surface area contributed by atoms with Crippen molar-refractivity contribution < 1.29 is 4.79 Å². The van der Waals surface area contributed by atoms with Crippen molar-refractivity contribution >= 4 is 32.6 Å². The number of amides is 1. The number of para-hydroxylation sites is 1. The molecule has 0 aliphatic rings. The molecule has 0 saturated heterocycles. The van der Waals surface area contributed by atoms with E-state index < -0.39 is 0 Å². The van der Waals surface area contributed by atoms with Gasteiger partial charge in [0.15, 0.2) is 5.13 Å². The minimum absolute atomic E-state index is 0.110. The van der Waals surface area contributed by atoms with E-state index in [9.17, 15) is 4.79 Å². The van der Waals surface area contributed by atoms with Gasteiger partial charge in [0.1, 0.15) is 0 Å². The molecule has 3 rings (SSSR count). The van der Waals surface area contributed by atoms with Gasteiger partial charge in [-0.15, -0.1) is 0 Å². The summed E-state index contributed by atoms with van der Waals surface area (Å²) in [6.07, 6.45) is 0. The smallest absolute Gasteiger partial charge is 0.257 e. The van der Waals surface area contributed by atoms with E-state index in [1.54, 1.807) is 0 Å². The van der Waals surface area contributed by atoms with Crippen LogP contribution in [0.5, 0.6) is 0 Å². The molecule has 3 nitrogen and oxygen atoms in total. The topological polar surface area (TPSA) is 42.0 Å². The Morgan fingerprint density at radius 2 is 1.95 bits per heavy atom. The van der Waals surface area contributed by atoms with Crippen molar-refractivity contribution in [2.45, 2.75) is 13.8 Å². The third-order valence-electron chi connectivity index (χ3n) is 3.14. The third kappa shape index (κ3) is 2.42. The highest BCUT2D eigenvalue weighted by Crippen LogP contribution is 2.26. The van der Waals surface area contributed by atoms with Crippen LogP contribution in [-0.2, 0) is 0 Å². The Morgan fingerprint density at radius 3 is 2.70 bits per heavy atom. The lowest BCUT2D eigenvalue weighted by Crippen LogP contribution is -2.13. The lowest BCUT2D eigenvalue weighted by Gasteiger charge is -2.06. The second-order valence-corrected chi connectivity index (χ2v) is 5.79. The van der Waals surface area contributed by atoms with Crippen LogP contribution in [-0.4, -0.2) is 10.9 Å². The fourth-order valence-corrected chi connectivity index (χ4v) is 3.02. The summed E-state index contributed by atoms with van der Waals surface area (Å²) in [6.45, 7) is 3.96. The standard InChI is InChI=1S/C16H14N2OS/c1-10-7-8-12(11(2)9-10)15(19)18-16-17-13-5-3-4-6-14(13)20-16/h3-9H,1-2H3,(H,17,18,19). The molecule has 0 spiro atoms. The highest BCUT2D eigenvalue weighted by molar-refractivity contribution is 7.22. The van der Waals surface area contributed by atoms with Crippen molar-refractivity contribution in [2.75, 3.05) is 5.32 Å². The zero-order valence-electron chi connectivity index (χ0n) is 11.3. The van der Waals surface area contributed by atoms with Crippen LogP contribution in [0.25, 0.3) is 10.2 Å². The molecule has 0 aliphatic carbocycles. The zero-order valence-corrected chi connectivity index (χ0v) is 12.1. The highest BCUT2D eigenvalue weighted by atomic mass is 32.1. The van der Waals surface area contributed by atoms with Gasteiger partial charge in [-0.2, -0.15) is 0 Å². The van der Waals surface area contributed by atoms with E-state index in [1.807, 2.05) is 56.3 Å². The van der Waals surface area contributed by atoms with Gasteiger partial charge in [-0.25, -0.2) is 4.98 Å². The fraction of sp³-hybridized carbons (Fsp3) is 0.125. The average molecular weight is 282 g/mol. The molecule has 3 aromatic rings. The van der Waals surface area contributed by atoms with Gasteiger partial charge in [0.05, 0.1) is 10.2 Å². The second-order valence-electron chi connectivity index (χ2n) is 4.76. The first-order valence-corrected chi connectivity index (χ1v) is 7.19. The Balaban J connectivity index is 1.88. The van der Waals surface area contributed by atoms with Gasteiger partial charge in [-0.3, -0.25) is 10.1 Å². The number of aromatic nitrogens is 1.